The third kappa shape index (κ3) is 8.85. The molecule has 1 atom stereocenters. The Balaban J connectivity index is 1.86. The Bertz CT molecular complexity index is 1120. The number of rotatable bonds is 11. The molecule has 0 aromatic heterocycles. The number of hydrogen-bond acceptors (Lipinski definition) is 5. The number of Topliss-reactive ketones (excluding diaryl/α,β-unsaturated/α-hetero) is 1. The number of ketones is 1. The number of carbonyl (C=O) groups is 4. The molecule has 35 heavy (non-hydrogen) atoms. The van der Waals surface area contributed by atoms with Gasteiger partial charge < -0.3 is 26.4 Å². The number of para-hydroxylation sites is 1. The average Bonchev–Trinajstić information content (AvgIpc) is 2.79. The molecular formula is C26H30N4O5. The van der Waals surface area contributed by atoms with E-state index in [4.69, 9.17) is 11.5 Å². The van der Waals surface area contributed by atoms with Gasteiger partial charge in [-0.15, -0.1) is 6.42 Å². The number of carboxylic acid groups (broad SMARTS) is 1. The lowest BCUT2D eigenvalue weighted by Gasteiger charge is -2.26. The maximum atomic E-state index is 12.7. The summed E-state index contributed by atoms with van der Waals surface area (Å²) in [7, 11) is 0. The first-order valence-corrected chi connectivity index (χ1v) is 11.0. The summed E-state index contributed by atoms with van der Waals surface area (Å²) in [5, 5.41) is 19.9. The van der Waals surface area contributed by atoms with Gasteiger partial charge in [-0.25, -0.2) is 4.79 Å². The van der Waals surface area contributed by atoms with Gasteiger partial charge >= 0.3 is 12.0 Å². The number of carbonyl (C=O) groups excluding carboxylic acids is 3. The molecule has 0 saturated heterocycles. The van der Waals surface area contributed by atoms with Crippen molar-refractivity contribution in [3.63, 3.8) is 0 Å². The van der Waals surface area contributed by atoms with Gasteiger partial charge in [0.15, 0.2) is 5.78 Å². The van der Waals surface area contributed by atoms with Gasteiger partial charge in [0.05, 0.1) is 12.0 Å². The number of hydrogen-bond donors (Lipinski definition) is 5. The van der Waals surface area contributed by atoms with E-state index in [2.05, 4.69) is 27.2 Å². The minimum absolute atomic E-state index is 0.0467. The summed E-state index contributed by atoms with van der Waals surface area (Å²) < 4.78 is 0. The Hall–Kier alpha value is -4.32. The van der Waals surface area contributed by atoms with Crippen molar-refractivity contribution in [2.75, 3.05) is 16.0 Å². The molecule has 2 aromatic carbocycles. The third-order valence-corrected chi connectivity index (χ3v) is 5.18. The fourth-order valence-electron chi connectivity index (χ4n) is 3.20. The fraction of sp³-hybridized carbons (Fsp3) is 0.308. The quantitative estimate of drug-likeness (QED) is 0.312. The van der Waals surface area contributed by atoms with Crippen molar-refractivity contribution in [3.05, 3.63) is 54.1 Å². The lowest BCUT2D eigenvalue weighted by atomic mass is 9.94. The number of aliphatic carboxylic acids is 1. The van der Waals surface area contributed by atoms with Crippen molar-refractivity contribution < 1.29 is 24.3 Å². The van der Waals surface area contributed by atoms with Gasteiger partial charge in [-0.2, -0.15) is 0 Å². The Morgan fingerprint density at radius 3 is 2.20 bits per heavy atom. The van der Waals surface area contributed by atoms with Crippen LogP contribution in [-0.4, -0.2) is 40.4 Å². The standard InChI is InChI=1S/C26H30N4O5/c1-5-18(16-24(33)34)27-23(32)15-14-22(31)26(3,4)30-20-12-10-19(11-13-20)28-25(35)29-21-9-7-6-8-17(21)2/h1,6-13,18,30H,14-16H2,2-4H3,(H,27,32)(H,33,34)(H2,28,29,35)/t18-/m0/s1. The van der Waals surface area contributed by atoms with E-state index in [0.717, 1.165) is 5.56 Å². The van der Waals surface area contributed by atoms with Crippen LogP contribution in [0.5, 0.6) is 0 Å². The summed E-state index contributed by atoms with van der Waals surface area (Å²) in [6.07, 6.45) is 4.68. The summed E-state index contributed by atoms with van der Waals surface area (Å²) in [4.78, 5) is 47.7. The highest BCUT2D eigenvalue weighted by atomic mass is 16.4. The highest BCUT2D eigenvalue weighted by molar-refractivity contribution is 6.00. The first kappa shape index (κ1) is 26.9. The van der Waals surface area contributed by atoms with Crippen molar-refractivity contribution in [3.8, 4) is 12.3 Å². The molecule has 184 valence electrons. The number of nitrogens with one attached hydrogen (secondary N) is 4. The van der Waals surface area contributed by atoms with Crippen LogP contribution in [0.25, 0.3) is 0 Å². The third-order valence-electron chi connectivity index (χ3n) is 5.18. The van der Waals surface area contributed by atoms with E-state index in [9.17, 15) is 19.2 Å². The van der Waals surface area contributed by atoms with E-state index in [1.165, 1.54) is 0 Å². The van der Waals surface area contributed by atoms with Crippen LogP contribution in [0, 0.1) is 19.3 Å². The van der Waals surface area contributed by atoms with Gasteiger partial charge in [-0.05, 0) is 56.7 Å². The minimum atomic E-state index is -1.12. The summed E-state index contributed by atoms with van der Waals surface area (Å²) in [5.41, 5.74) is 1.93. The molecule has 2 aromatic rings. The molecule has 2 rings (SSSR count). The summed E-state index contributed by atoms with van der Waals surface area (Å²) in [6, 6.07) is 13.0. The Morgan fingerprint density at radius 2 is 1.60 bits per heavy atom. The number of terminal acetylenes is 1. The van der Waals surface area contributed by atoms with E-state index in [1.807, 2.05) is 31.2 Å². The van der Waals surface area contributed by atoms with Crippen LogP contribution in [0.3, 0.4) is 0 Å². The summed E-state index contributed by atoms with van der Waals surface area (Å²) in [5.74, 6) is 0.389. The molecule has 0 spiro atoms. The molecule has 0 radical (unpaired) electrons. The number of benzene rings is 2. The van der Waals surface area contributed by atoms with Gasteiger partial charge in [0.2, 0.25) is 5.91 Å². The van der Waals surface area contributed by atoms with Crippen LogP contribution in [0.15, 0.2) is 48.5 Å². The lowest BCUT2D eigenvalue weighted by Crippen LogP contribution is -2.41. The second-order valence-corrected chi connectivity index (χ2v) is 8.53. The highest BCUT2D eigenvalue weighted by Crippen LogP contribution is 2.21. The van der Waals surface area contributed by atoms with E-state index >= 15 is 0 Å². The highest BCUT2D eigenvalue weighted by Gasteiger charge is 2.27. The first-order chi connectivity index (χ1) is 16.5. The first-order valence-electron chi connectivity index (χ1n) is 11.0. The molecule has 0 aliphatic heterocycles. The summed E-state index contributed by atoms with van der Waals surface area (Å²) >= 11 is 0. The normalized spacial score (nSPS) is 11.5. The maximum Gasteiger partial charge on any atom is 0.323 e. The maximum absolute atomic E-state index is 12.7. The van der Waals surface area contributed by atoms with Crippen LogP contribution in [0.4, 0.5) is 21.9 Å². The van der Waals surface area contributed by atoms with Crippen molar-refractivity contribution in [1.82, 2.24) is 5.32 Å². The van der Waals surface area contributed by atoms with Gasteiger partial charge in [-0.3, -0.25) is 14.4 Å². The van der Waals surface area contributed by atoms with E-state index in [1.54, 1.807) is 38.1 Å². The monoisotopic (exact) mass is 478 g/mol. The average molecular weight is 479 g/mol. The minimum Gasteiger partial charge on any atom is -0.481 e. The van der Waals surface area contributed by atoms with Crippen LogP contribution in [-0.2, 0) is 14.4 Å². The van der Waals surface area contributed by atoms with Crippen molar-refractivity contribution in [1.29, 1.82) is 0 Å². The Kier molecular flexibility index (Phi) is 9.41. The van der Waals surface area contributed by atoms with Crippen molar-refractivity contribution >= 4 is 40.8 Å². The number of carboxylic acids is 1. The lowest BCUT2D eigenvalue weighted by molar-refractivity contribution is -0.137. The predicted octanol–water partition coefficient (Wildman–Crippen LogP) is 3.77. The van der Waals surface area contributed by atoms with Crippen molar-refractivity contribution in [2.24, 2.45) is 0 Å². The second-order valence-electron chi connectivity index (χ2n) is 8.53. The molecule has 0 aliphatic carbocycles. The molecule has 9 nitrogen and oxygen atoms in total. The van der Waals surface area contributed by atoms with Gasteiger partial charge in [0, 0.05) is 29.9 Å². The molecule has 5 N–H and O–H groups in total. The fourth-order valence-corrected chi connectivity index (χ4v) is 3.20. The predicted molar refractivity (Wildman–Crippen MR) is 135 cm³/mol. The van der Waals surface area contributed by atoms with Gasteiger partial charge in [0.1, 0.15) is 6.04 Å². The number of urea groups is 1. The topological polar surface area (TPSA) is 137 Å². The molecular weight excluding hydrogens is 448 g/mol. The Labute approximate surface area is 204 Å². The summed E-state index contributed by atoms with van der Waals surface area (Å²) in [6.45, 7) is 5.30. The number of amides is 3. The SMILES string of the molecule is C#C[C@@H](CC(=O)O)NC(=O)CCC(=O)C(C)(C)Nc1ccc(NC(=O)Nc2ccccc2C)cc1. The number of anilines is 3. The zero-order valence-electron chi connectivity index (χ0n) is 20.0. The van der Waals surface area contributed by atoms with Gasteiger partial charge in [-0.1, -0.05) is 24.1 Å². The molecule has 9 heteroatoms. The molecule has 0 heterocycles. The molecule has 0 fully saturated rings. The molecule has 0 bridgehead atoms. The molecule has 0 saturated carbocycles. The molecule has 0 aliphatic rings. The zero-order valence-corrected chi connectivity index (χ0v) is 20.0. The zero-order chi connectivity index (χ0) is 26.0. The molecule has 0 unspecified atom stereocenters. The Morgan fingerprint density at radius 1 is 0.971 bits per heavy atom. The molecule has 3 amide bonds. The van der Waals surface area contributed by atoms with E-state index < -0.39 is 23.5 Å². The largest absolute Gasteiger partial charge is 0.481 e. The van der Waals surface area contributed by atoms with Crippen molar-refractivity contribution in [2.45, 2.75) is 51.6 Å². The smallest absolute Gasteiger partial charge is 0.323 e. The van der Waals surface area contributed by atoms with E-state index in [0.29, 0.717) is 17.1 Å². The second kappa shape index (κ2) is 12.2. The number of aryl methyl sites for hydroxylation is 1. The van der Waals surface area contributed by atoms with E-state index in [-0.39, 0.29) is 31.1 Å². The van der Waals surface area contributed by atoms with Gasteiger partial charge in [0.25, 0.3) is 0 Å². The van der Waals surface area contributed by atoms with Crippen LogP contribution in [0.2, 0.25) is 0 Å². The van der Waals surface area contributed by atoms with Crippen LogP contribution < -0.4 is 21.3 Å². The van der Waals surface area contributed by atoms with Crippen LogP contribution in [0.1, 0.15) is 38.7 Å². The van der Waals surface area contributed by atoms with Crippen LogP contribution >= 0.6 is 0 Å².